The molecule has 11 nitrogen and oxygen atoms in total. The molecule has 190 valence electrons. The Morgan fingerprint density at radius 2 is 1.73 bits per heavy atom. The van der Waals surface area contributed by atoms with Crippen molar-refractivity contribution < 1.29 is 23.7 Å². The van der Waals surface area contributed by atoms with E-state index in [1.807, 2.05) is 0 Å². The van der Waals surface area contributed by atoms with Crippen LogP contribution in [-0.4, -0.2) is 28.4 Å². The molecule has 3 N–H and O–H groups in total. The molecule has 1 aliphatic rings. The number of nitro benzene ring substituents is 1. The molecule has 0 saturated heterocycles. The molecule has 0 spiro atoms. The van der Waals surface area contributed by atoms with E-state index in [0.29, 0.717) is 41.9 Å². The van der Waals surface area contributed by atoms with E-state index in [1.165, 1.54) is 18.2 Å². The Morgan fingerprint density at radius 3 is 2.46 bits per heavy atom. The largest absolute Gasteiger partial charge is 0.455 e. The standard InChI is InChI=1S/C24H19Cl2N5O6/c1-12-20-17(27-28-22(32)13-9-10-16(26)18(11-13)31(35)36)7-4-8-19(20)37-21(12)24(34)30-29-23(33)14-5-2-3-6-15(14)25/h2-3,5-6,9-11H,4,7-8H2,1H3,(H,28,32)(H,29,33)(H,30,34)/b27-17+. The zero-order valence-electron chi connectivity index (χ0n) is 19.3. The fourth-order valence-corrected chi connectivity index (χ4v) is 4.26. The van der Waals surface area contributed by atoms with Gasteiger partial charge in [-0.3, -0.25) is 35.3 Å². The van der Waals surface area contributed by atoms with Crippen molar-refractivity contribution in [2.75, 3.05) is 0 Å². The maximum Gasteiger partial charge on any atom is 0.305 e. The summed E-state index contributed by atoms with van der Waals surface area (Å²) in [6.07, 6.45) is 1.70. The van der Waals surface area contributed by atoms with Crippen LogP contribution >= 0.6 is 23.2 Å². The lowest BCUT2D eigenvalue weighted by Gasteiger charge is -2.13. The van der Waals surface area contributed by atoms with Crippen LogP contribution in [0.5, 0.6) is 0 Å². The van der Waals surface area contributed by atoms with Gasteiger partial charge in [-0.1, -0.05) is 35.3 Å². The molecule has 1 heterocycles. The Morgan fingerprint density at radius 1 is 1.00 bits per heavy atom. The number of carbonyl (C=O) groups is 3. The van der Waals surface area contributed by atoms with Crippen molar-refractivity contribution in [3.63, 3.8) is 0 Å². The van der Waals surface area contributed by atoms with E-state index in [0.717, 1.165) is 6.07 Å². The molecule has 2 aromatic carbocycles. The summed E-state index contributed by atoms with van der Waals surface area (Å²) in [7, 11) is 0. The number of nitro groups is 1. The minimum atomic E-state index is -0.684. The summed E-state index contributed by atoms with van der Waals surface area (Å²) in [5.41, 5.74) is 8.36. The Labute approximate surface area is 219 Å². The molecule has 3 aromatic rings. The number of nitrogens with zero attached hydrogens (tertiary/aromatic N) is 2. The number of halogens is 2. The van der Waals surface area contributed by atoms with Crippen LogP contribution in [0, 0.1) is 17.0 Å². The van der Waals surface area contributed by atoms with Gasteiger partial charge in [-0.2, -0.15) is 5.10 Å². The van der Waals surface area contributed by atoms with Crippen LogP contribution in [0.25, 0.3) is 0 Å². The zero-order chi connectivity index (χ0) is 26.7. The van der Waals surface area contributed by atoms with Gasteiger partial charge in [-0.25, -0.2) is 5.43 Å². The first-order chi connectivity index (χ1) is 17.7. The summed E-state index contributed by atoms with van der Waals surface area (Å²) in [5.74, 6) is -1.44. The highest BCUT2D eigenvalue weighted by molar-refractivity contribution is 6.34. The maximum atomic E-state index is 12.7. The van der Waals surface area contributed by atoms with E-state index in [-0.39, 0.29) is 26.9 Å². The molecular formula is C24H19Cl2N5O6. The summed E-state index contributed by atoms with van der Waals surface area (Å²) in [6, 6.07) is 10.1. The van der Waals surface area contributed by atoms with Crippen molar-refractivity contribution in [2.45, 2.75) is 26.2 Å². The van der Waals surface area contributed by atoms with Gasteiger partial charge in [0.15, 0.2) is 5.76 Å². The summed E-state index contributed by atoms with van der Waals surface area (Å²) >= 11 is 11.8. The van der Waals surface area contributed by atoms with Gasteiger partial charge in [0.25, 0.3) is 17.5 Å². The molecule has 0 fully saturated rings. The molecule has 0 bridgehead atoms. The molecule has 0 atom stereocenters. The molecule has 3 amide bonds. The monoisotopic (exact) mass is 543 g/mol. The van der Waals surface area contributed by atoms with Crippen molar-refractivity contribution in [2.24, 2.45) is 5.10 Å². The second kappa shape index (κ2) is 10.8. The van der Waals surface area contributed by atoms with Crippen LogP contribution in [0.4, 0.5) is 5.69 Å². The SMILES string of the molecule is Cc1c(C(=O)NNC(=O)c2ccccc2Cl)oc2c1/C(=N/NC(=O)c1ccc(Cl)c([N+](=O)[O-])c1)CCC2. The number of aryl methyl sites for hydroxylation is 1. The molecule has 1 aromatic heterocycles. The molecular weight excluding hydrogens is 525 g/mol. The molecule has 1 aliphatic carbocycles. The predicted octanol–water partition coefficient (Wildman–Crippen LogP) is 4.35. The van der Waals surface area contributed by atoms with E-state index in [2.05, 4.69) is 21.4 Å². The molecule has 4 rings (SSSR count). The topological polar surface area (TPSA) is 156 Å². The number of hydrazone groups is 1. The Bertz CT molecular complexity index is 1470. The van der Waals surface area contributed by atoms with Crippen LogP contribution in [0.2, 0.25) is 10.0 Å². The van der Waals surface area contributed by atoms with Crippen molar-refractivity contribution in [3.05, 3.63) is 96.4 Å². The summed E-state index contributed by atoms with van der Waals surface area (Å²) in [5, 5.41) is 15.4. The average Bonchev–Trinajstić information content (AvgIpc) is 3.23. The van der Waals surface area contributed by atoms with Crippen LogP contribution in [0.15, 0.2) is 52.0 Å². The minimum absolute atomic E-state index is 0.00901. The van der Waals surface area contributed by atoms with E-state index < -0.39 is 28.3 Å². The molecule has 0 radical (unpaired) electrons. The van der Waals surface area contributed by atoms with E-state index in [9.17, 15) is 24.5 Å². The lowest BCUT2D eigenvalue weighted by atomic mass is 9.93. The van der Waals surface area contributed by atoms with Crippen LogP contribution in [-0.2, 0) is 6.42 Å². The third-order valence-electron chi connectivity index (χ3n) is 5.64. The average molecular weight is 544 g/mol. The Kier molecular flexibility index (Phi) is 7.55. The van der Waals surface area contributed by atoms with Gasteiger partial charge in [-0.05, 0) is 44.0 Å². The maximum absolute atomic E-state index is 12.7. The summed E-state index contributed by atoms with van der Waals surface area (Å²) in [4.78, 5) is 48.0. The molecule has 0 aliphatic heterocycles. The van der Waals surface area contributed by atoms with Gasteiger partial charge >= 0.3 is 5.91 Å². The van der Waals surface area contributed by atoms with E-state index in [1.54, 1.807) is 25.1 Å². The fourth-order valence-electron chi connectivity index (χ4n) is 3.86. The first kappa shape index (κ1) is 25.9. The highest BCUT2D eigenvalue weighted by atomic mass is 35.5. The number of furan rings is 1. The number of amides is 3. The Balaban J connectivity index is 1.50. The highest BCUT2D eigenvalue weighted by Gasteiger charge is 2.28. The lowest BCUT2D eigenvalue weighted by molar-refractivity contribution is -0.384. The number of benzene rings is 2. The third-order valence-corrected chi connectivity index (χ3v) is 6.29. The van der Waals surface area contributed by atoms with Crippen LogP contribution < -0.4 is 16.3 Å². The fraction of sp³-hybridized carbons (Fsp3) is 0.167. The first-order valence-electron chi connectivity index (χ1n) is 11.0. The van der Waals surface area contributed by atoms with Crippen molar-refractivity contribution in [1.29, 1.82) is 0 Å². The van der Waals surface area contributed by atoms with Crippen molar-refractivity contribution in [3.8, 4) is 0 Å². The van der Waals surface area contributed by atoms with Gasteiger partial charge in [0.2, 0.25) is 0 Å². The lowest BCUT2D eigenvalue weighted by Crippen LogP contribution is -2.41. The van der Waals surface area contributed by atoms with Gasteiger partial charge < -0.3 is 4.42 Å². The molecule has 0 saturated carbocycles. The highest BCUT2D eigenvalue weighted by Crippen LogP contribution is 2.30. The van der Waals surface area contributed by atoms with E-state index in [4.69, 9.17) is 27.6 Å². The number of carbonyl (C=O) groups excluding carboxylic acids is 3. The zero-order valence-corrected chi connectivity index (χ0v) is 20.8. The quantitative estimate of drug-likeness (QED) is 0.320. The molecule has 37 heavy (non-hydrogen) atoms. The molecule has 13 heteroatoms. The second-order valence-corrected chi connectivity index (χ2v) is 8.83. The van der Waals surface area contributed by atoms with Crippen molar-refractivity contribution in [1.82, 2.24) is 16.3 Å². The molecule has 0 unspecified atom stereocenters. The minimum Gasteiger partial charge on any atom is -0.455 e. The predicted molar refractivity (Wildman–Crippen MR) is 135 cm³/mol. The van der Waals surface area contributed by atoms with Gasteiger partial charge in [0.05, 0.1) is 21.2 Å². The number of hydrogen-bond acceptors (Lipinski definition) is 7. The Hall–Kier alpha value is -4.22. The van der Waals surface area contributed by atoms with Crippen molar-refractivity contribution >= 4 is 52.3 Å². The van der Waals surface area contributed by atoms with Gasteiger partial charge in [-0.15, -0.1) is 0 Å². The normalized spacial score (nSPS) is 13.5. The number of rotatable bonds is 5. The second-order valence-electron chi connectivity index (χ2n) is 8.02. The van der Waals surface area contributed by atoms with Gasteiger partial charge in [0.1, 0.15) is 10.8 Å². The smallest absolute Gasteiger partial charge is 0.305 e. The number of hydrogen-bond donors (Lipinski definition) is 3. The summed E-state index contributed by atoms with van der Waals surface area (Å²) in [6.45, 7) is 1.67. The third kappa shape index (κ3) is 5.47. The number of fused-ring (bicyclic) bond motifs is 1. The van der Waals surface area contributed by atoms with Gasteiger partial charge in [0, 0.05) is 29.2 Å². The van der Waals surface area contributed by atoms with Crippen LogP contribution in [0.1, 0.15) is 61.0 Å². The summed E-state index contributed by atoms with van der Waals surface area (Å²) < 4.78 is 5.76. The van der Waals surface area contributed by atoms with Crippen LogP contribution in [0.3, 0.4) is 0 Å². The number of nitrogens with one attached hydrogen (secondary N) is 3. The number of hydrazine groups is 1. The first-order valence-corrected chi connectivity index (χ1v) is 11.7. The van der Waals surface area contributed by atoms with E-state index >= 15 is 0 Å².